The Morgan fingerprint density at radius 3 is 2.79 bits per heavy atom. The number of nitro groups is 1. The fourth-order valence-electron chi connectivity index (χ4n) is 1.59. The number of nitrogens with zero attached hydrogens (tertiary/aromatic N) is 4. The van der Waals surface area contributed by atoms with Crippen molar-refractivity contribution in [2.75, 3.05) is 23.7 Å². The summed E-state index contributed by atoms with van der Waals surface area (Å²) in [6.45, 7) is 1.12. The molecule has 19 heavy (non-hydrogen) atoms. The molecule has 8 nitrogen and oxygen atoms in total. The second-order valence-corrected chi connectivity index (χ2v) is 3.85. The molecule has 2 aromatic heterocycles. The SMILES string of the molecule is Cn1cnc([N+](=O)[O-])c1NCCNc1ccccn1. The Balaban J connectivity index is 1.86. The van der Waals surface area contributed by atoms with E-state index in [1.807, 2.05) is 18.2 Å². The Morgan fingerprint density at radius 2 is 2.11 bits per heavy atom. The molecule has 100 valence electrons. The Morgan fingerprint density at radius 1 is 1.32 bits per heavy atom. The topological polar surface area (TPSA) is 97.9 Å². The van der Waals surface area contributed by atoms with Crippen LogP contribution in [0.25, 0.3) is 0 Å². The highest BCUT2D eigenvalue weighted by atomic mass is 16.6. The molecule has 0 aliphatic carbocycles. The van der Waals surface area contributed by atoms with Crippen LogP contribution < -0.4 is 10.6 Å². The quantitative estimate of drug-likeness (QED) is 0.462. The van der Waals surface area contributed by atoms with E-state index in [4.69, 9.17) is 0 Å². The van der Waals surface area contributed by atoms with Gasteiger partial charge in [-0.2, -0.15) is 0 Å². The number of aromatic nitrogens is 3. The van der Waals surface area contributed by atoms with E-state index in [2.05, 4.69) is 20.6 Å². The van der Waals surface area contributed by atoms with E-state index in [1.165, 1.54) is 6.33 Å². The molecule has 2 aromatic rings. The summed E-state index contributed by atoms with van der Waals surface area (Å²) in [6, 6.07) is 5.57. The van der Waals surface area contributed by atoms with Crippen LogP contribution in [0.2, 0.25) is 0 Å². The molecular weight excluding hydrogens is 248 g/mol. The molecule has 0 aliphatic rings. The number of imidazole rings is 1. The lowest BCUT2D eigenvalue weighted by Gasteiger charge is -2.07. The average molecular weight is 262 g/mol. The van der Waals surface area contributed by atoms with Gasteiger partial charge in [0.25, 0.3) is 0 Å². The van der Waals surface area contributed by atoms with Crippen LogP contribution in [0.4, 0.5) is 17.5 Å². The van der Waals surface area contributed by atoms with Crippen LogP contribution in [0, 0.1) is 10.1 Å². The third-order valence-corrected chi connectivity index (χ3v) is 2.48. The van der Waals surface area contributed by atoms with Gasteiger partial charge >= 0.3 is 5.82 Å². The van der Waals surface area contributed by atoms with E-state index in [9.17, 15) is 10.1 Å². The lowest BCUT2D eigenvalue weighted by molar-refractivity contribution is -0.388. The molecule has 2 rings (SSSR count). The highest BCUT2D eigenvalue weighted by Gasteiger charge is 2.19. The van der Waals surface area contributed by atoms with E-state index < -0.39 is 4.92 Å². The summed E-state index contributed by atoms with van der Waals surface area (Å²) >= 11 is 0. The van der Waals surface area contributed by atoms with Crippen molar-refractivity contribution >= 4 is 17.5 Å². The van der Waals surface area contributed by atoms with Gasteiger partial charge in [0.05, 0.1) is 0 Å². The summed E-state index contributed by atoms with van der Waals surface area (Å²) < 4.78 is 1.58. The van der Waals surface area contributed by atoms with Crippen molar-refractivity contribution in [1.29, 1.82) is 0 Å². The molecule has 0 radical (unpaired) electrons. The van der Waals surface area contributed by atoms with Crippen LogP contribution in [0.1, 0.15) is 0 Å². The van der Waals surface area contributed by atoms with Crippen LogP contribution in [0.15, 0.2) is 30.7 Å². The van der Waals surface area contributed by atoms with Gasteiger partial charge in [0.2, 0.25) is 12.1 Å². The van der Waals surface area contributed by atoms with Gasteiger partial charge in [-0.15, -0.1) is 0 Å². The molecule has 0 aromatic carbocycles. The highest BCUT2D eigenvalue weighted by Crippen LogP contribution is 2.20. The molecule has 8 heteroatoms. The maximum atomic E-state index is 10.8. The molecule has 0 atom stereocenters. The number of aryl methyl sites for hydroxylation is 1. The van der Waals surface area contributed by atoms with E-state index in [-0.39, 0.29) is 5.82 Å². The third-order valence-electron chi connectivity index (χ3n) is 2.48. The normalized spacial score (nSPS) is 10.2. The second-order valence-electron chi connectivity index (χ2n) is 3.85. The number of hydrogen-bond acceptors (Lipinski definition) is 6. The molecule has 0 spiro atoms. The van der Waals surface area contributed by atoms with E-state index >= 15 is 0 Å². The molecule has 0 saturated heterocycles. The Bertz CT molecular complexity index is 554. The van der Waals surface area contributed by atoms with Crippen molar-refractivity contribution in [1.82, 2.24) is 14.5 Å². The minimum Gasteiger partial charge on any atom is -0.368 e. The van der Waals surface area contributed by atoms with E-state index in [0.29, 0.717) is 18.9 Å². The van der Waals surface area contributed by atoms with Crippen molar-refractivity contribution in [3.05, 3.63) is 40.8 Å². The number of anilines is 2. The summed E-state index contributed by atoms with van der Waals surface area (Å²) in [6.07, 6.45) is 3.11. The molecule has 2 N–H and O–H groups in total. The van der Waals surface area contributed by atoms with Gasteiger partial charge in [-0.1, -0.05) is 6.07 Å². The first kappa shape index (κ1) is 12.8. The van der Waals surface area contributed by atoms with Gasteiger partial charge in [-0.3, -0.25) is 4.57 Å². The van der Waals surface area contributed by atoms with Gasteiger partial charge in [-0.05, 0) is 22.0 Å². The smallest absolute Gasteiger partial charge is 0.368 e. The molecule has 0 unspecified atom stereocenters. The summed E-state index contributed by atoms with van der Waals surface area (Å²) in [5, 5.41) is 16.8. The Kier molecular flexibility index (Phi) is 3.91. The maximum Gasteiger partial charge on any atom is 0.406 e. The summed E-state index contributed by atoms with van der Waals surface area (Å²) in [5.41, 5.74) is 0. The van der Waals surface area contributed by atoms with Gasteiger partial charge < -0.3 is 20.7 Å². The zero-order chi connectivity index (χ0) is 13.7. The van der Waals surface area contributed by atoms with Gasteiger partial charge in [0, 0.05) is 26.3 Å². The van der Waals surface area contributed by atoms with Gasteiger partial charge in [-0.25, -0.2) is 4.98 Å². The van der Waals surface area contributed by atoms with Crippen LogP contribution in [0.3, 0.4) is 0 Å². The third kappa shape index (κ3) is 3.18. The summed E-state index contributed by atoms with van der Waals surface area (Å²) in [5.74, 6) is 0.997. The predicted octanol–water partition coefficient (Wildman–Crippen LogP) is 1.25. The molecular formula is C11H14N6O2. The van der Waals surface area contributed by atoms with E-state index in [0.717, 1.165) is 5.82 Å². The first-order chi connectivity index (χ1) is 9.18. The van der Waals surface area contributed by atoms with Crippen molar-refractivity contribution in [2.24, 2.45) is 7.05 Å². The molecule has 0 bridgehead atoms. The van der Waals surface area contributed by atoms with Crippen molar-refractivity contribution in [2.45, 2.75) is 0 Å². The first-order valence-corrected chi connectivity index (χ1v) is 5.73. The van der Waals surface area contributed by atoms with Crippen LogP contribution in [-0.2, 0) is 7.05 Å². The lowest BCUT2D eigenvalue weighted by atomic mass is 10.4. The zero-order valence-electron chi connectivity index (χ0n) is 10.4. The molecule has 2 heterocycles. The highest BCUT2D eigenvalue weighted by molar-refractivity contribution is 5.52. The lowest BCUT2D eigenvalue weighted by Crippen LogP contribution is -2.16. The second kappa shape index (κ2) is 5.80. The standard InChI is InChI=1S/C11H14N6O2/c1-16-8-15-11(17(18)19)10(16)14-7-6-13-9-4-2-3-5-12-9/h2-5,8,14H,6-7H2,1H3,(H,12,13). The summed E-state index contributed by atoms with van der Waals surface area (Å²) in [4.78, 5) is 18.1. The van der Waals surface area contributed by atoms with Crippen LogP contribution >= 0.6 is 0 Å². The number of rotatable bonds is 6. The average Bonchev–Trinajstić information content (AvgIpc) is 2.77. The van der Waals surface area contributed by atoms with Crippen LogP contribution in [0.5, 0.6) is 0 Å². The first-order valence-electron chi connectivity index (χ1n) is 5.73. The number of nitrogens with one attached hydrogen (secondary N) is 2. The van der Waals surface area contributed by atoms with Crippen molar-refractivity contribution in [3.63, 3.8) is 0 Å². The van der Waals surface area contributed by atoms with E-state index in [1.54, 1.807) is 17.8 Å². The molecule has 0 amide bonds. The summed E-state index contributed by atoms with van der Waals surface area (Å²) in [7, 11) is 1.70. The Hall–Kier alpha value is -2.64. The molecule has 0 aliphatic heterocycles. The van der Waals surface area contributed by atoms with Crippen molar-refractivity contribution < 1.29 is 4.92 Å². The van der Waals surface area contributed by atoms with Gasteiger partial charge in [0.15, 0.2) is 0 Å². The molecule has 0 fully saturated rings. The number of hydrogen-bond donors (Lipinski definition) is 2. The molecule has 0 saturated carbocycles. The predicted molar refractivity (Wildman–Crippen MR) is 71.1 cm³/mol. The minimum atomic E-state index is -0.505. The monoisotopic (exact) mass is 262 g/mol. The minimum absolute atomic E-state index is 0.166. The maximum absolute atomic E-state index is 10.8. The fourth-order valence-corrected chi connectivity index (χ4v) is 1.59. The van der Waals surface area contributed by atoms with Crippen LogP contribution in [-0.4, -0.2) is 32.5 Å². The van der Waals surface area contributed by atoms with Crippen molar-refractivity contribution in [3.8, 4) is 0 Å². The Labute approximate surface area is 109 Å². The zero-order valence-corrected chi connectivity index (χ0v) is 10.4. The number of pyridine rings is 1. The van der Waals surface area contributed by atoms with Gasteiger partial charge in [0.1, 0.15) is 5.82 Å². The fraction of sp³-hybridized carbons (Fsp3) is 0.273. The largest absolute Gasteiger partial charge is 0.406 e.